The van der Waals surface area contributed by atoms with Gasteiger partial charge in [0.2, 0.25) is 0 Å². The van der Waals surface area contributed by atoms with Gasteiger partial charge in [-0.15, -0.1) is 0 Å². The Labute approximate surface area is 154 Å². The van der Waals surface area contributed by atoms with Crippen LogP contribution in [0.1, 0.15) is 48.3 Å². The molecule has 1 amide bonds. The van der Waals surface area contributed by atoms with Gasteiger partial charge in [0, 0.05) is 19.9 Å². The predicted octanol–water partition coefficient (Wildman–Crippen LogP) is 3.21. The summed E-state index contributed by atoms with van der Waals surface area (Å²) >= 11 is 0. The summed E-state index contributed by atoms with van der Waals surface area (Å²) in [6, 6.07) is 5.80. The third-order valence-corrected chi connectivity index (χ3v) is 7.34. The molecule has 0 saturated heterocycles. The van der Waals surface area contributed by atoms with Crippen molar-refractivity contribution in [3.05, 3.63) is 35.8 Å². The number of nitrogens with one attached hydrogen (secondary N) is 1. The molecule has 4 fully saturated rings. The van der Waals surface area contributed by atoms with Gasteiger partial charge in [0.25, 0.3) is 5.91 Å². The summed E-state index contributed by atoms with van der Waals surface area (Å²) in [5.41, 5.74) is 2.03. The van der Waals surface area contributed by atoms with Crippen molar-refractivity contribution in [2.45, 2.75) is 44.6 Å². The average Bonchev–Trinajstić information content (AvgIpc) is 2.97. The maximum absolute atomic E-state index is 13.0. The monoisotopic (exact) mass is 353 g/mol. The molecule has 4 aliphatic rings. The van der Waals surface area contributed by atoms with Crippen LogP contribution in [0.15, 0.2) is 24.4 Å². The van der Waals surface area contributed by atoms with Gasteiger partial charge in [0.15, 0.2) is 0 Å². The Morgan fingerprint density at radius 2 is 1.92 bits per heavy atom. The first-order valence-electron chi connectivity index (χ1n) is 9.87. The van der Waals surface area contributed by atoms with Gasteiger partial charge < -0.3 is 10.1 Å². The summed E-state index contributed by atoms with van der Waals surface area (Å²) in [5, 5.41) is 3.21. The molecule has 0 aliphatic heterocycles. The van der Waals surface area contributed by atoms with E-state index < -0.39 is 0 Å². The standard InChI is InChI=1S/C21H27N3O2/c1-13-19(24-6-4-3-5-18(24)23-13)20(25)22-12-21(26-2)16-8-14-7-15(10-16)11-17(21)9-14/h3-6,14-17H,7-12H2,1-2H3,(H,22,25). The summed E-state index contributed by atoms with van der Waals surface area (Å²) in [5.74, 6) is 2.90. The van der Waals surface area contributed by atoms with Crippen molar-refractivity contribution < 1.29 is 9.53 Å². The molecular formula is C21H27N3O2. The second-order valence-corrected chi connectivity index (χ2v) is 8.62. The maximum Gasteiger partial charge on any atom is 0.270 e. The van der Waals surface area contributed by atoms with E-state index in [1.165, 1.54) is 32.1 Å². The van der Waals surface area contributed by atoms with Gasteiger partial charge in [-0.25, -0.2) is 4.98 Å². The van der Waals surface area contributed by atoms with E-state index in [0.717, 1.165) is 23.2 Å². The lowest BCUT2D eigenvalue weighted by Crippen LogP contribution is -2.63. The first-order valence-corrected chi connectivity index (χ1v) is 9.87. The van der Waals surface area contributed by atoms with Crippen molar-refractivity contribution in [2.24, 2.45) is 23.7 Å². The Morgan fingerprint density at radius 1 is 1.23 bits per heavy atom. The molecule has 1 N–H and O–H groups in total. The minimum Gasteiger partial charge on any atom is -0.376 e. The predicted molar refractivity (Wildman–Crippen MR) is 99.0 cm³/mol. The molecule has 0 spiro atoms. The van der Waals surface area contributed by atoms with Gasteiger partial charge in [-0.1, -0.05) is 6.07 Å². The summed E-state index contributed by atoms with van der Waals surface area (Å²) in [7, 11) is 1.84. The van der Waals surface area contributed by atoms with E-state index >= 15 is 0 Å². The Hall–Kier alpha value is -1.88. The van der Waals surface area contributed by atoms with E-state index in [1.54, 1.807) is 0 Å². The highest BCUT2D eigenvalue weighted by atomic mass is 16.5. The number of aryl methyl sites for hydroxylation is 1. The number of hydrogen-bond acceptors (Lipinski definition) is 3. The summed E-state index contributed by atoms with van der Waals surface area (Å²) in [6.07, 6.45) is 8.40. The molecule has 5 nitrogen and oxygen atoms in total. The number of amides is 1. The highest BCUT2D eigenvalue weighted by Gasteiger charge is 2.57. The average molecular weight is 353 g/mol. The van der Waals surface area contributed by atoms with Gasteiger partial charge in [-0.3, -0.25) is 9.20 Å². The van der Waals surface area contributed by atoms with Crippen molar-refractivity contribution in [1.82, 2.24) is 14.7 Å². The van der Waals surface area contributed by atoms with Crippen molar-refractivity contribution in [3.63, 3.8) is 0 Å². The first kappa shape index (κ1) is 16.3. The molecule has 2 aromatic heterocycles. The van der Waals surface area contributed by atoms with E-state index in [1.807, 2.05) is 42.8 Å². The number of fused-ring (bicyclic) bond motifs is 1. The molecule has 4 aliphatic carbocycles. The van der Waals surface area contributed by atoms with Crippen LogP contribution in [0.3, 0.4) is 0 Å². The molecular weight excluding hydrogens is 326 g/mol. The number of nitrogens with zero attached hydrogens (tertiary/aromatic N) is 2. The van der Waals surface area contributed by atoms with Crippen LogP contribution >= 0.6 is 0 Å². The third-order valence-electron chi connectivity index (χ3n) is 7.34. The zero-order valence-electron chi connectivity index (χ0n) is 15.6. The molecule has 4 saturated carbocycles. The number of methoxy groups -OCH3 is 1. The van der Waals surface area contributed by atoms with Crippen molar-refractivity contribution in [2.75, 3.05) is 13.7 Å². The maximum atomic E-state index is 13.0. The summed E-state index contributed by atoms with van der Waals surface area (Å²) < 4.78 is 8.04. The van der Waals surface area contributed by atoms with Crippen LogP contribution in [-0.2, 0) is 4.74 Å². The molecule has 0 aromatic carbocycles. The van der Waals surface area contributed by atoms with Gasteiger partial charge in [-0.2, -0.15) is 0 Å². The number of imidazole rings is 1. The largest absolute Gasteiger partial charge is 0.376 e. The quantitative estimate of drug-likeness (QED) is 0.918. The molecule has 0 radical (unpaired) electrons. The topological polar surface area (TPSA) is 55.6 Å². The van der Waals surface area contributed by atoms with Crippen LogP contribution in [-0.4, -0.2) is 34.5 Å². The van der Waals surface area contributed by atoms with Gasteiger partial charge >= 0.3 is 0 Å². The minimum absolute atomic E-state index is 0.0496. The van der Waals surface area contributed by atoms with E-state index in [4.69, 9.17) is 4.74 Å². The summed E-state index contributed by atoms with van der Waals surface area (Å²) in [4.78, 5) is 17.5. The number of aromatic nitrogens is 2. The number of pyridine rings is 1. The van der Waals surface area contributed by atoms with Crippen LogP contribution < -0.4 is 5.32 Å². The molecule has 26 heavy (non-hydrogen) atoms. The lowest BCUT2D eigenvalue weighted by molar-refractivity contribution is -0.186. The van der Waals surface area contributed by atoms with E-state index in [-0.39, 0.29) is 11.5 Å². The second kappa shape index (κ2) is 5.81. The Kier molecular flexibility index (Phi) is 3.64. The minimum atomic E-state index is -0.183. The molecule has 5 heteroatoms. The van der Waals surface area contributed by atoms with E-state index in [2.05, 4.69) is 10.3 Å². The lowest BCUT2D eigenvalue weighted by atomic mass is 9.49. The molecule has 4 bridgehead atoms. The fourth-order valence-corrected chi connectivity index (χ4v) is 6.37. The first-order chi connectivity index (χ1) is 12.6. The van der Waals surface area contributed by atoms with Gasteiger partial charge in [0.1, 0.15) is 11.3 Å². The molecule has 0 unspecified atom stereocenters. The zero-order chi connectivity index (χ0) is 17.9. The highest BCUT2D eigenvalue weighted by molar-refractivity contribution is 5.94. The van der Waals surface area contributed by atoms with Crippen molar-refractivity contribution >= 4 is 11.6 Å². The van der Waals surface area contributed by atoms with E-state index in [9.17, 15) is 4.79 Å². The number of ether oxygens (including phenoxy) is 1. The smallest absolute Gasteiger partial charge is 0.270 e. The number of hydrogen-bond donors (Lipinski definition) is 1. The molecule has 138 valence electrons. The van der Waals surface area contributed by atoms with Crippen molar-refractivity contribution in [1.29, 1.82) is 0 Å². The molecule has 2 heterocycles. The number of rotatable bonds is 4. The van der Waals surface area contributed by atoms with Crippen LogP contribution in [0.2, 0.25) is 0 Å². The van der Waals surface area contributed by atoms with Crippen molar-refractivity contribution in [3.8, 4) is 0 Å². The van der Waals surface area contributed by atoms with Gasteiger partial charge in [-0.05, 0) is 74.8 Å². The van der Waals surface area contributed by atoms with Crippen LogP contribution in [0, 0.1) is 30.6 Å². The number of carbonyl (C=O) groups is 1. The van der Waals surface area contributed by atoms with Crippen LogP contribution in [0.25, 0.3) is 5.65 Å². The fraction of sp³-hybridized carbons (Fsp3) is 0.619. The Bertz CT molecular complexity index is 828. The molecule has 6 rings (SSSR count). The van der Waals surface area contributed by atoms with Gasteiger partial charge in [0.05, 0.1) is 11.3 Å². The second-order valence-electron chi connectivity index (χ2n) is 8.62. The number of carbonyl (C=O) groups excluding carboxylic acids is 1. The van der Waals surface area contributed by atoms with Crippen LogP contribution in [0.5, 0.6) is 0 Å². The Balaban J connectivity index is 1.39. The Morgan fingerprint density at radius 3 is 2.58 bits per heavy atom. The SMILES string of the molecule is COC1(CNC(=O)c2c(C)nc3ccccn23)C2CC3CC(C2)CC1C3. The highest BCUT2D eigenvalue weighted by Crippen LogP contribution is 2.59. The molecule has 0 atom stereocenters. The fourth-order valence-electron chi connectivity index (χ4n) is 6.37. The van der Waals surface area contributed by atoms with E-state index in [0.29, 0.717) is 24.1 Å². The lowest BCUT2D eigenvalue weighted by Gasteiger charge is -2.60. The zero-order valence-corrected chi connectivity index (χ0v) is 15.6. The summed E-state index contributed by atoms with van der Waals surface area (Å²) in [6.45, 7) is 2.51. The molecule has 2 aromatic rings. The normalized spacial score (nSPS) is 35.2. The third kappa shape index (κ3) is 2.26. The van der Waals surface area contributed by atoms with Crippen LogP contribution in [0.4, 0.5) is 0 Å².